The molecule has 0 unspecified atom stereocenters. The third kappa shape index (κ3) is 49.9. The van der Waals surface area contributed by atoms with Gasteiger partial charge in [0.2, 0.25) is 12.7 Å². The van der Waals surface area contributed by atoms with Gasteiger partial charge in [-0.3, -0.25) is 0 Å². The van der Waals surface area contributed by atoms with Crippen molar-refractivity contribution in [2.75, 3.05) is 0 Å². The third-order valence-corrected chi connectivity index (χ3v) is 3.19. The molecule has 2 rings (SSSR count). The molecule has 0 saturated heterocycles. The zero-order valence-electron chi connectivity index (χ0n) is 20.1. The summed E-state index contributed by atoms with van der Waals surface area (Å²) in [5.41, 5.74) is 0. The Morgan fingerprint density at radius 1 is 0.714 bits per heavy atom. The molecule has 0 atom stereocenters. The Morgan fingerprint density at radius 3 is 1.09 bits per heavy atom. The first-order chi connectivity index (χ1) is 16.7. The molecule has 10 nitrogen and oxygen atoms in total. The molecule has 0 aliphatic heterocycles. The number of aromatic nitrogens is 4. The van der Waals surface area contributed by atoms with Crippen molar-refractivity contribution in [1.82, 2.24) is 9.13 Å². The molecule has 0 N–H and O–H groups in total. The topological polar surface area (TPSA) is 141 Å². The first kappa shape index (κ1) is 43.0. The van der Waals surface area contributed by atoms with E-state index in [1.165, 1.54) is 46.3 Å². The van der Waals surface area contributed by atoms with Crippen LogP contribution in [-0.4, -0.2) is 29.8 Å². The van der Waals surface area contributed by atoms with E-state index in [0.717, 1.165) is 13.1 Å². The average molecular weight is 639 g/mol. The Bertz CT molecular complexity index is 790. The van der Waals surface area contributed by atoms with E-state index >= 15 is 0 Å². The van der Waals surface area contributed by atoms with Gasteiger partial charge in [-0.2, -0.15) is 20.6 Å². The van der Waals surface area contributed by atoms with Gasteiger partial charge in [-0.1, -0.05) is 75.6 Å². The van der Waals surface area contributed by atoms with Gasteiger partial charge in [0.15, 0.2) is 0 Å². The number of hydrogen-bond acceptors (Lipinski definition) is 6. The summed E-state index contributed by atoms with van der Waals surface area (Å²) in [6.07, 6.45) is 17.6. The average Bonchev–Trinajstić information content (AvgIpc) is 3.41. The van der Waals surface area contributed by atoms with E-state index in [4.69, 9.17) is 28.4 Å². The molecule has 2 heterocycles. The van der Waals surface area contributed by atoms with E-state index in [-0.39, 0.29) is 0 Å². The number of rotatable bonds is 6. The summed E-state index contributed by atoms with van der Waals surface area (Å²) < 4.78 is 25.6. The van der Waals surface area contributed by atoms with Crippen molar-refractivity contribution >= 4 is 69.5 Å². The summed E-state index contributed by atoms with van der Waals surface area (Å²) in [4.78, 5) is 0. The van der Waals surface area contributed by atoms with Crippen LogP contribution in [0.25, 0.3) is 21.6 Å². The molecule has 2 aromatic rings. The molecule has 0 aliphatic rings. The summed E-state index contributed by atoms with van der Waals surface area (Å²) >= 11 is 12.8. The normalized spacial score (nSPS) is 6.97. The van der Waals surface area contributed by atoms with E-state index in [2.05, 4.69) is 118 Å². The number of aryl methyl sites for hydroxylation is 4. The predicted octanol–water partition coefficient (Wildman–Crippen LogP) is 4.62. The molecule has 0 saturated carbocycles. The number of hydrogen-bond donors (Lipinski definition) is 0. The van der Waals surface area contributed by atoms with Crippen molar-refractivity contribution in [3.05, 3.63) is 59.1 Å². The Kier molecular flexibility index (Phi) is 51.7. The minimum absolute atomic E-state index is 1.15. The maximum atomic E-state index is 8.50. The Labute approximate surface area is 237 Å². The number of unbranched alkanes of at least 4 members (excludes halogenated alkanes) is 2. The summed E-state index contributed by atoms with van der Waals surface area (Å²) in [5, 5.41) is 33.9. The van der Waals surface area contributed by atoms with Crippen LogP contribution in [0.3, 0.4) is 0 Å². The number of thiocarbonyl (C=S) groups is 4. The van der Waals surface area contributed by atoms with Crippen LogP contribution >= 0.6 is 48.9 Å². The first-order valence-electron chi connectivity index (χ1n) is 9.72. The summed E-state index contributed by atoms with van der Waals surface area (Å²) in [5.74, 6) is 0. The van der Waals surface area contributed by atoms with Gasteiger partial charge in [0.05, 0.1) is 27.2 Å². The number of isothiocyanates is 4. The van der Waals surface area contributed by atoms with Gasteiger partial charge in [-0.05, 0) is 12.8 Å². The SMILES string of the molecule is CCCCn1cc[n+](C)c1.CCCCn1cc[n+](C)c1.[N-]=C=S.[N-]=C=S.[N-]=C=S.[N-]=C=S.[O]=[Mo+2]=[O]. The van der Waals surface area contributed by atoms with E-state index in [1.807, 2.05) is 14.1 Å². The van der Waals surface area contributed by atoms with Crippen LogP contribution in [0.5, 0.6) is 0 Å². The fourth-order valence-corrected chi connectivity index (χ4v) is 1.95. The second-order valence-electron chi connectivity index (χ2n) is 5.77. The summed E-state index contributed by atoms with van der Waals surface area (Å²) in [6, 6.07) is 0. The standard InChI is InChI=1S/2C8H15N2.4CNS.Mo.2O/c2*1-3-4-5-10-7-6-9(2)8-10;4*2-1-3;;;/h2*6-8H,3-5H2,1-2H3;;;;;;;/q2*+1;4*-1;+2;;. The van der Waals surface area contributed by atoms with E-state index < -0.39 is 18.5 Å². The van der Waals surface area contributed by atoms with Crippen LogP contribution in [0, 0.1) is 0 Å². The van der Waals surface area contributed by atoms with E-state index in [9.17, 15) is 0 Å². The van der Waals surface area contributed by atoms with Gasteiger partial charge >= 0.3 is 25.3 Å². The fourth-order valence-electron chi connectivity index (χ4n) is 1.95. The van der Waals surface area contributed by atoms with Crippen molar-refractivity contribution in [3.63, 3.8) is 0 Å². The second-order valence-corrected chi connectivity index (χ2v) is 6.84. The van der Waals surface area contributed by atoms with Crippen molar-refractivity contribution < 1.29 is 34.4 Å². The molecule has 2 aromatic heterocycles. The van der Waals surface area contributed by atoms with Gasteiger partial charge < -0.3 is 21.6 Å². The zero-order valence-corrected chi connectivity index (χ0v) is 25.4. The molecular weight excluding hydrogens is 608 g/mol. The molecule has 0 radical (unpaired) electrons. The van der Waals surface area contributed by atoms with Crippen LogP contribution in [0.15, 0.2) is 37.4 Å². The zero-order chi connectivity index (χ0) is 28.3. The van der Waals surface area contributed by atoms with Crippen molar-refractivity contribution in [2.45, 2.75) is 52.6 Å². The van der Waals surface area contributed by atoms with Crippen LogP contribution in [0.1, 0.15) is 39.5 Å². The molecule has 0 aliphatic carbocycles. The van der Waals surface area contributed by atoms with Gasteiger partial charge in [0, 0.05) is 0 Å². The van der Waals surface area contributed by atoms with Crippen molar-refractivity contribution in [3.8, 4) is 0 Å². The predicted molar refractivity (Wildman–Crippen MR) is 146 cm³/mol. The molecule has 0 bridgehead atoms. The summed E-state index contributed by atoms with van der Waals surface area (Å²) in [6.45, 7) is 6.72. The van der Waals surface area contributed by atoms with Crippen LogP contribution in [0.4, 0.5) is 0 Å². The van der Waals surface area contributed by atoms with Crippen molar-refractivity contribution in [1.29, 1.82) is 0 Å². The molecule has 15 heteroatoms. The number of nitrogens with zero attached hydrogens (tertiary/aromatic N) is 8. The molecule has 192 valence electrons. The van der Waals surface area contributed by atoms with Crippen LogP contribution in [-0.2, 0) is 52.5 Å². The molecule has 35 heavy (non-hydrogen) atoms. The quantitative estimate of drug-likeness (QED) is 0.196. The van der Waals surface area contributed by atoms with Crippen LogP contribution in [0.2, 0.25) is 0 Å². The van der Waals surface area contributed by atoms with Gasteiger partial charge in [-0.15, -0.1) is 0 Å². The van der Waals surface area contributed by atoms with E-state index in [1.54, 1.807) is 0 Å². The molecule has 0 aromatic carbocycles. The Balaban J connectivity index is -0.000000111. The molecular formula is C20H30MoN8O2S4. The Morgan fingerprint density at radius 2 is 0.943 bits per heavy atom. The van der Waals surface area contributed by atoms with Gasteiger partial charge in [-0.25, -0.2) is 18.3 Å². The van der Waals surface area contributed by atoms with Crippen LogP contribution < -0.4 is 9.13 Å². The van der Waals surface area contributed by atoms with Crippen molar-refractivity contribution in [2.24, 2.45) is 14.1 Å². The monoisotopic (exact) mass is 640 g/mol. The second kappa shape index (κ2) is 42.1. The maximum absolute atomic E-state index is 8.50. The van der Waals surface area contributed by atoms with E-state index in [0.29, 0.717) is 0 Å². The molecule has 0 amide bonds. The third-order valence-electron chi connectivity index (χ3n) is 3.19. The number of imidazole rings is 2. The van der Waals surface area contributed by atoms with Gasteiger partial charge in [0.1, 0.15) is 24.8 Å². The van der Waals surface area contributed by atoms with Gasteiger partial charge in [0.25, 0.3) is 0 Å². The molecule has 0 fully saturated rings. The summed E-state index contributed by atoms with van der Waals surface area (Å²) in [7, 11) is 4.09. The fraction of sp³-hybridized carbons (Fsp3) is 0.500. The minimum atomic E-state index is -2.03. The molecule has 0 spiro atoms. The first-order valence-corrected chi connectivity index (χ1v) is 13.0. The Hall–Kier alpha value is -2.09.